The maximum atomic E-state index is 4.57. The summed E-state index contributed by atoms with van der Waals surface area (Å²) in [5.41, 5.74) is 1.23. The fraction of sp³-hybridized carbons (Fsp3) is 0.400. The molecule has 0 radical (unpaired) electrons. The maximum absolute atomic E-state index is 4.57. The largest absolute Gasteiger partial charge is 0.354 e. The van der Waals surface area contributed by atoms with E-state index in [9.17, 15) is 0 Å². The Hall–Kier alpha value is -2.17. The van der Waals surface area contributed by atoms with Gasteiger partial charge in [-0.3, -0.25) is 4.98 Å². The van der Waals surface area contributed by atoms with Crippen LogP contribution in [0.2, 0.25) is 0 Å². The van der Waals surface area contributed by atoms with Crippen LogP contribution in [0.3, 0.4) is 0 Å². The van der Waals surface area contributed by atoms with Gasteiger partial charge in [0, 0.05) is 38.2 Å². The molecular formula is C15H21N5. The lowest BCUT2D eigenvalue weighted by atomic mass is 10.2. The van der Waals surface area contributed by atoms with E-state index in [0.717, 1.165) is 31.9 Å². The predicted molar refractivity (Wildman–Crippen MR) is 81.8 cm³/mol. The van der Waals surface area contributed by atoms with Crippen LogP contribution in [0.4, 0.5) is 11.8 Å². The summed E-state index contributed by atoms with van der Waals surface area (Å²) in [5.74, 6) is 1.63. The number of anilines is 2. The summed E-state index contributed by atoms with van der Waals surface area (Å²) in [6.07, 6.45) is 6.49. The Morgan fingerprint density at radius 3 is 2.60 bits per heavy atom. The van der Waals surface area contributed by atoms with Crippen molar-refractivity contribution in [3.63, 3.8) is 0 Å². The zero-order chi connectivity index (χ0) is 14.2. The Balaban J connectivity index is 2.10. The van der Waals surface area contributed by atoms with Gasteiger partial charge in [0.15, 0.2) is 0 Å². The highest BCUT2D eigenvalue weighted by Crippen LogP contribution is 2.15. The number of rotatable bonds is 7. The van der Waals surface area contributed by atoms with E-state index >= 15 is 0 Å². The van der Waals surface area contributed by atoms with Gasteiger partial charge in [0.25, 0.3) is 0 Å². The molecule has 2 heterocycles. The van der Waals surface area contributed by atoms with Crippen LogP contribution in [-0.4, -0.2) is 28.0 Å². The maximum Gasteiger partial charge on any atom is 0.224 e. The third kappa shape index (κ3) is 3.91. The van der Waals surface area contributed by atoms with Gasteiger partial charge in [0.05, 0.1) is 0 Å². The standard InChI is InChI=1S/C15H21N5/c1-3-8-17-15-18-11-7-14(19-15)20(4-2)12-13-5-9-16-10-6-13/h5-7,9-11H,3-4,8,12H2,1-2H3,(H,17,18,19). The van der Waals surface area contributed by atoms with Crippen LogP contribution in [0, 0.1) is 0 Å². The molecule has 5 nitrogen and oxygen atoms in total. The minimum atomic E-state index is 0.692. The van der Waals surface area contributed by atoms with Gasteiger partial charge >= 0.3 is 0 Å². The lowest BCUT2D eigenvalue weighted by Crippen LogP contribution is -2.23. The zero-order valence-electron chi connectivity index (χ0n) is 12.1. The zero-order valence-corrected chi connectivity index (χ0v) is 12.1. The van der Waals surface area contributed by atoms with E-state index in [2.05, 4.69) is 39.0 Å². The van der Waals surface area contributed by atoms with Crippen molar-refractivity contribution >= 4 is 11.8 Å². The summed E-state index contributed by atoms with van der Waals surface area (Å²) in [5, 5.41) is 3.22. The summed E-state index contributed by atoms with van der Waals surface area (Å²) in [6.45, 7) is 6.86. The molecule has 0 spiro atoms. The Bertz CT molecular complexity index is 515. The minimum absolute atomic E-state index is 0.692. The Morgan fingerprint density at radius 2 is 1.90 bits per heavy atom. The molecule has 20 heavy (non-hydrogen) atoms. The number of nitrogens with zero attached hydrogens (tertiary/aromatic N) is 4. The topological polar surface area (TPSA) is 53.9 Å². The van der Waals surface area contributed by atoms with Crippen molar-refractivity contribution in [1.29, 1.82) is 0 Å². The molecule has 5 heteroatoms. The SMILES string of the molecule is CCCNc1nccc(N(CC)Cc2ccncc2)n1. The molecule has 0 saturated heterocycles. The Labute approximate surface area is 120 Å². The van der Waals surface area contributed by atoms with Crippen LogP contribution in [0.25, 0.3) is 0 Å². The molecule has 0 aliphatic carbocycles. The molecule has 2 aromatic heterocycles. The van der Waals surface area contributed by atoms with Gasteiger partial charge in [-0.25, -0.2) is 4.98 Å². The lowest BCUT2D eigenvalue weighted by molar-refractivity contribution is 0.808. The number of aromatic nitrogens is 3. The molecule has 0 aliphatic heterocycles. The van der Waals surface area contributed by atoms with Gasteiger partial charge in [-0.15, -0.1) is 0 Å². The molecule has 0 amide bonds. The number of pyridine rings is 1. The summed E-state index contributed by atoms with van der Waals surface area (Å²) in [4.78, 5) is 15.1. The van der Waals surface area contributed by atoms with Crippen molar-refractivity contribution in [3.05, 3.63) is 42.4 Å². The molecule has 2 aromatic rings. The van der Waals surface area contributed by atoms with Crippen LogP contribution < -0.4 is 10.2 Å². The van der Waals surface area contributed by atoms with Crippen molar-refractivity contribution in [2.45, 2.75) is 26.8 Å². The fourth-order valence-electron chi connectivity index (χ4n) is 1.91. The molecular weight excluding hydrogens is 250 g/mol. The van der Waals surface area contributed by atoms with E-state index in [4.69, 9.17) is 0 Å². The Kier molecular flexibility index (Phi) is 5.29. The summed E-state index contributed by atoms with van der Waals surface area (Å²) < 4.78 is 0. The van der Waals surface area contributed by atoms with Gasteiger partial charge in [0.2, 0.25) is 5.95 Å². The van der Waals surface area contributed by atoms with Crippen LogP contribution >= 0.6 is 0 Å². The molecule has 2 rings (SSSR count). The lowest BCUT2D eigenvalue weighted by Gasteiger charge is -2.22. The molecule has 0 atom stereocenters. The molecule has 0 unspecified atom stereocenters. The van der Waals surface area contributed by atoms with Crippen molar-refractivity contribution in [2.24, 2.45) is 0 Å². The van der Waals surface area contributed by atoms with Crippen molar-refractivity contribution in [2.75, 3.05) is 23.3 Å². The van der Waals surface area contributed by atoms with E-state index in [-0.39, 0.29) is 0 Å². The van der Waals surface area contributed by atoms with Gasteiger partial charge in [0.1, 0.15) is 5.82 Å². The average molecular weight is 271 g/mol. The summed E-state index contributed by atoms with van der Waals surface area (Å²) in [6, 6.07) is 6.00. The smallest absolute Gasteiger partial charge is 0.224 e. The first-order valence-electron chi connectivity index (χ1n) is 7.04. The fourth-order valence-corrected chi connectivity index (χ4v) is 1.91. The molecule has 0 aliphatic rings. The predicted octanol–water partition coefficient (Wildman–Crippen LogP) is 2.72. The normalized spacial score (nSPS) is 10.3. The quantitative estimate of drug-likeness (QED) is 0.839. The van der Waals surface area contributed by atoms with Crippen LogP contribution in [-0.2, 0) is 6.54 Å². The average Bonchev–Trinajstić information content (AvgIpc) is 2.52. The van der Waals surface area contributed by atoms with Gasteiger partial charge in [-0.05, 0) is 37.1 Å². The molecule has 106 valence electrons. The van der Waals surface area contributed by atoms with Crippen LogP contribution in [0.5, 0.6) is 0 Å². The minimum Gasteiger partial charge on any atom is -0.354 e. The Morgan fingerprint density at radius 1 is 1.10 bits per heavy atom. The number of nitrogens with one attached hydrogen (secondary N) is 1. The third-order valence-electron chi connectivity index (χ3n) is 3.00. The van der Waals surface area contributed by atoms with E-state index in [1.807, 2.05) is 30.6 Å². The summed E-state index contributed by atoms with van der Waals surface area (Å²) >= 11 is 0. The molecule has 0 saturated carbocycles. The molecule has 0 aromatic carbocycles. The second kappa shape index (κ2) is 7.43. The van der Waals surface area contributed by atoms with E-state index < -0.39 is 0 Å². The first kappa shape index (κ1) is 14.2. The number of hydrogen-bond acceptors (Lipinski definition) is 5. The monoisotopic (exact) mass is 271 g/mol. The second-order valence-electron chi connectivity index (χ2n) is 4.53. The molecule has 0 fully saturated rings. The highest BCUT2D eigenvalue weighted by Gasteiger charge is 2.08. The van der Waals surface area contributed by atoms with Crippen molar-refractivity contribution < 1.29 is 0 Å². The van der Waals surface area contributed by atoms with Gasteiger partial charge < -0.3 is 10.2 Å². The first-order chi connectivity index (χ1) is 9.83. The van der Waals surface area contributed by atoms with E-state index in [1.165, 1.54) is 5.56 Å². The van der Waals surface area contributed by atoms with E-state index in [1.54, 1.807) is 6.20 Å². The first-order valence-corrected chi connectivity index (χ1v) is 7.04. The highest BCUT2D eigenvalue weighted by atomic mass is 15.2. The van der Waals surface area contributed by atoms with Crippen molar-refractivity contribution in [3.8, 4) is 0 Å². The molecule has 1 N–H and O–H groups in total. The van der Waals surface area contributed by atoms with Crippen LogP contribution in [0.15, 0.2) is 36.8 Å². The van der Waals surface area contributed by atoms with E-state index in [0.29, 0.717) is 5.95 Å². The summed E-state index contributed by atoms with van der Waals surface area (Å²) in [7, 11) is 0. The van der Waals surface area contributed by atoms with Crippen molar-refractivity contribution in [1.82, 2.24) is 15.0 Å². The highest BCUT2D eigenvalue weighted by molar-refractivity contribution is 5.43. The second-order valence-corrected chi connectivity index (χ2v) is 4.53. The third-order valence-corrected chi connectivity index (χ3v) is 3.00. The number of hydrogen-bond donors (Lipinski definition) is 1. The van der Waals surface area contributed by atoms with Gasteiger partial charge in [-0.1, -0.05) is 6.92 Å². The van der Waals surface area contributed by atoms with Crippen LogP contribution in [0.1, 0.15) is 25.8 Å². The van der Waals surface area contributed by atoms with Gasteiger partial charge in [-0.2, -0.15) is 4.98 Å². The molecule has 0 bridgehead atoms.